The summed E-state index contributed by atoms with van der Waals surface area (Å²) in [6.45, 7) is 2.51. The first-order valence-corrected chi connectivity index (χ1v) is 3.36. The molecule has 0 aliphatic heterocycles. The zero-order valence-electron chi connectivity index (χ0n) is 5.80. The molecule has 0 saturated carbocycles. The van der Waals surface area contributed by atoms with E-state index in [2.05, 4.69) is 0 Å². The Labute approximate surface area is 55.7 Å². The standard InChI is InChI=1S/C6H15NO2/c1-2-6(8)4-3-5-7-9/h6-9H,2-5H2,1H3. The molecule has 0 amide bonds. The van der Waals surface area contributed by atoms with Crippen LogP contribution in [0.1, 0.15) is 26.2 Å². The molecule has 3 heteroatoms. The van der Waals surface area contributed by atoms with Crippen LogP contribution in [0.2, 0.25) is 0 Å². The summed E-state index contributed by atoms with van der Waals surface area (Å²) < 4.78 is 0. The Morgan fingerprint density at radius 2 is 2.22 bits per heavy atom. The zero-order valence-corrected chi connectivity index (χ0v) is 5.80. The molecule has 1 unspecified atom stereocenters. The average molecular weight is 133 g/mol. The molecular weight excluding hydrogens is 118 g/mol. The summed E-state index contributed by atoms with van der Waals surface area (Å²) in [6.07, 6.45) is 2.19. The van der Waals surface area contributed by atoms with Gasteiger partial charge >= 0.3 is 0 Å². The van der Waals surface area contributed by atoms with Crippen LogP contribution in [-0.4, -0.2) is 23.0 Å². The third-order valence-corrected chi connectivity index (χ3v) is 1.30. The fourth-order valence-electron chi connectivity index (χ4n) is 0.621. The van der Waals surface area contributed by atoms with E-state index in [4.69, 9.17) is 10.3 Å². The quantitative estimate of drug-likeness (QED) is 0.378. The summed E-state index contributed by atoms with van der Waals surface area (Å²) in [4.78, 5) is 0. The van der Waals surface area contributed by atoms with Crippen molar-refractivity contribution in [3.8, 4) is 0 Å². The number of aliphatic hydroxyl groups excluding tert-OH is 1. The van der Waals surface area contributed by atoms with Crippen LogP contribution in [0.4, 0.5) is 0 Å². The predicted molar refractivity (Wildman–Crippen MR) is 35.3 cm³/mol. The monoisotopic (exact) mass is 133 g/mol. The molecule has 56 valence electrons. The summed E-state index contributed by atoms with van der Waals surface area (Å²) in [5.74, 6) is 0. The first-order chi connectivity index (χ1) is 4.31. The maximum atomic E-state index is 8.98. The van der Waals surface area contributed by atoms with Crippen molar-refractivity contribution in [1.82, 2.24) is 5.48 Å². The minimum atomic E-state index is -0.196. The van der Waals surface area contributed by atoms with Gasteiger partial charge in [0.15, 0.2) is 0 Å². The Kier molecular flexibility index (Phi) is 5.93. The van der Waals surface area contributed by atoms with Gasteiger partial charge in [0.2, 0.25) is 0 Å². The third-order valence-electron chi connectivity index (χ3n) is 1.30. The third kappa shape index (κ3) is 5.76. The van der Waals surface area contributed by atoms with Crippen molar-refractivity contribution in [3.05, 3.63) is 0 Å². The van der Waals surface area contributed by atoms with Gasteiger partial charge in [0.25, 0.3) is 0 Å². The Morgan fingerprint density at radius 3 is 2.67 bits per heavy atom. The Balaban J connectivity index is 2.88. The van der Waals surface area contributed by atoms with Gasteiger partial charge in [-0.3, -0.25) is 0 Å². The lowest BCUT2D eigenvalue weighted by Crippen LogP contribution is -2.12. The zero-order chi connectivity index (χ0) is 7.11. The van der Waals surface area contributed by atoms with Gasteiger partial charge in [0.05, 0.1) is 6.10 Å². The summed E-state index contributed by atoms with van der Waals surface area (Å²) >= 11 is 0. The van der Waals surface area contributed by atoms with Gasteiger partial charge in [-0.15, -0.1) is 0 Å². The molecule has 0 aromatic carbocycles. The molecule has 0 saturated heterocycles. The molecule has 1 atom stereocenters. The van der Waals surface area contributed by atoms with E-state index < -0.39 is 0 Å². The fraction of sp³-hybridized carbons (Fsp3) is 1.00. The number of nitrogens with one attached hydrogen (secondary N) is 1. The normalized spacial score (nSPS) is 13.7. The van der Waals surface area contributed by atoms with E-state index in [-0.39, 0.29) is 6.10 Å². The van der Waals surface area contributed by atoms with Crippen molar-refractivity contribution in [2.24, 2.45) is 0 Å². The minimum Gasteiger partial charge on any atom is -0.393 e. The second kappa shape index (κ2) is 6.01. The summed E-state index contributed by atoms with van der Waals surface area (Å²) in [6, 6.07) is 0. The van der Waals surface area contributed by atoms with Crippen molar-refractivity contribution in [2.45, 2.75) is 32.3 Å². The van der Waals surface area contributed by atoms with E-state index in [1.54, 1.807) is 0 Å². The largest absolute Gasteiger partial charge is 0.393 e. The Bertz CT molecular complexity index is 59.0. The molecule has 0 aromatic rings. The lowest BCUT2D eigenvalue weighted by Gasteiger charge is -2.04. The van der Waals surface area contributed by atoms with Crippen LogP contribution in [0, 0.1) is 0 Å². The number of hydrogen-bond donors (Lipinski definition) is 3. The van der Waals surface area contributed by atoms with Crippen LogP contribution >= 0.6 is 0 Å². The number of hydroxylamine groups is 1. The van der Waals surface area contributed by atoms with E-state index in [0.29, 0.717) is 6.54 Å². The molecule has 0 aromatic heterocycles. The molecule has 0 fully saturated rings. The summed E-state index contributed by atoms with van der Waals surface area (Å²) in [7, 11) is 0. The van der Waals surface area contributed by atoms with E-state index in [9.17, 15) is 0 Å². The molecule has 9 heavy (non-hydrogen) atoms. The summed E-state index contributed by atoms with van der Waals surface area (Å²) in [5, 5.41) is 17.1. The van der Waals surface area contributed by atoms with Crippen LogP contribution in [0.5, 0.6) is 0 Å². The number of hydrogen-bond acceptors (Lipinski definition) is 3. The van der Waals surface area contributed by atoms with Crippen molar-refractivity contribution >= 4 is 0 Å². The van der Waals surface area contributed by atoms with Crippen LogP contribution in [0.3, 0.4) is 0 Å². The molecule has 0 spiro atoms. The SMILES string of the molecule is CCC(O)CCCNO. The highest BCUT2D eigenvalue weighted by Crippen LogP contribution is 1.98. The maximum absolute atomic E-state index is 8.98. The van der Waals surface area contributed by atoms with Gasteiger partial charge in [-0.1, -0.05) is 6.92 Å². The molecule has 3 N–H and O–H groups in total. The fourth-order valence-corrected chi connectivity index (χ4v) is 0.621. The van der Waals surface area contributed by atoms with E-state index >= 15 is 0 Å². The first-order valence-electron chi connectivity index (χ1n) is 3.36. The topological polar surface area (TPSA) is 52.5 Å². The van der Waals surface area contributed by atoms with Crippen molar-refractivity contribution in [2.75, 3.05) is 6.54 Å². The molecule has 0 bridgehead atoms. The average Bonchev–Trinajstić information content (AvgIpc) is 1.89. The lowest BCUT2D eigenvalue weighted by molar-refractivity contribution is 0.136. The number of aliphatic hydroxyl groups is 1. The second-order valence-corrected chi connectivity index (χ2v) is 2.11. The van der Waals surface area contributed by atoms with Crippen LogP contribution in [-0.2, 0) is 0 Å². The van der Waals surface area contributed by atoms with Crippen LogP contribution in [0.25, 0.3) is 0 Å². The van der Waals surface area contributed by atoms with Crippen LogP contribution in [0.15, 0.2) is 0 Å². The van der Waals surface area contributed by atoms with E-state index in [1.165, 1.54) is 0 Å². The van der Waals surface area contributed by atoms with Crippen LogP contribution < -0.4 is 5.48 Å². The first kappa shape index (κ1) is 8.88. The highest BCUT2D eigenvalue weighted by Gasteiger charge is 1.97. The molecule has 3 nitrogen and oxygen atoms in total. The van der Waals surface area contributed by atoms with Gasteiger partial charge in [-0.25, -0.2) is 5.48 Å². The molecule has 0 radical (unpaired) electrons. The van der Waals surface area contributed by atoms with Gasteiger partial charge < -0.3 is 10.3 Å². The van der Waals surface area contributed by atoms with Crippen molar-refractivity contribution in [3.63, 3.8) is 0 Å². The van der Waals surface area contributed by atoms with E-state index in [1.807, 2.05) is 12.4 Å². The molecule has 0 aliphatic rings. The smallest absolute Gasteiger partial charge is 0.0538 e. The number of rotatable bonds is 5. The van der Waals surface area contributed by atoms with E-state index in [0.717, 1.165) is 19.3 Å². The van der Waals surface area contributed by atoms with Crippen molar-refractivity contribution in [1.29, 1.82) is 0 Å². The second-order valence-electron chi connectivity index (χ2n) is 2.11. The maximum Gasteiger partial charge on any atom is 0.0538 e. The van der Waals surface area contributed by atoms with Gasteiger partial charge in [-0.05, 0) is 19.3 Å². The lowest BCUT2D eigenvalue weighted by atomic mass is 10.1. The highest BCUT2D eigenvalue weighted by atomic mass is 16.5. The Morgan fingerprint density at radius 1 is 1.56 bits per heavy atom. The molecule has 0 heterocycles. The van der Waals surface area contributed by atoms with Gasteiger partial charge in [0, 0.05) is 6.54 Å². The Hall–Kier alpha value is -0.120. The molecular formula is C6H15NO2. The van der Waals surface area contributed by atoms with Gasteiger partial charge in [0.1, 0.15) is 0 Å². The summed E-state index contributed by atoms with van der Waals surface area (Å²) in [5.41, 5.74) is 2.04. The highest BCUT2D eigenvalue weighted by molar-refractivity contribution is 4.51. The predicted octanol–water partition coefficient (Wildman–Crippen LogP) is 0.516. The minimum absolute atomic E-state index is 0.196. The molecule has 0 aliphatic carbocycles. The van der Waals surface area contributed by atoms with Crippen molar-refractivity contribution < 1.29 is 10.3 Å². The molecule has 0 rings (SSSR count). The van der Waals surface area contributed by atoms with Gasteiger partial charge in [-0.2, -0.15) is 0 Å².